The minimum atomic E-state index is -1.03. The Hall–Kier alpha value is -0.720. The molecule has 20 heavy (non-hydrogen) atoms. The summed E-state index contributed by atoms with van der Waals surface area (Å²) in [6, 6.07) is 7.45. The zero-order valence-corrected chi connectivity index (χ0v) is 14.3. The van der Waals surface area contributed by atoms with Crippen LogP contribution in [0.5, 0.6) is 0 Å². The first-order valence-corrected chi connectivity index (χ1v) is 8.68. The molecule has 1 aromatic carbocycles. The molecular formula is C14H21BrN2O2S. The van der Waals surface area contributed by atoms with Crippen LogP contribution in [0.25, 0.3) is 0 Å². The number of benzene rings is 1. The molecule has 0 saturated carbocycles. The van der Waals surface area contributed by atoms with Gasteiger partial charge >= 0.3 is 0 Å². The molecule has 1 amide bonds. The molecule has 1 atom stereocenters. The number of rotatable bonds is 8. The van der Waals surface area contributed by atoms with E-state index in [4.69, 9.17) is 0 Å². The Kier molecular flexibility index (Phi) is 8.02. The van der Waals surface area contributed by atoms with E-state index in [1.54, 1.807) is 11.9 Å². The predicted octanol–water partition coefficient (Wildman–Crippen LogP) is 2.01. The van der Waals surface area contributed by atoms with Crippen LogP contribution in [-0.4, -0.2) is 48.0 Å². The molecule has 0 aliphatic rings. The highest BCUT2D eigenvalue weighted by atomic mass is 79.9. The van der Waals surface area contributed by atoms with Crippen LogP contribution in [-0.2, 0) is 15.6 Å². The molecule has 0 bridgehead atoms. The van der Waals surface area contributed by atoms with Crippen LogP contribution in [0, 0.1) is 0 Å². The smallest absolute Gasteiger partial charge is 0.222 e. The zero-order valence-electron chi connectivity index (χ0n) is 11.9. The Bertz CT molecular complexity index is 451. The molecule has 4 nitrogen and oxygen atoms in total. The molecule has 1 N–H and O–H groups in total. The number of likely N-dealkylation sites (N-methyl/N-ethyl adjacent to an activating group) is 2. The number of carbonyl (C=O) groups is 1. The lowest BCUT2D eigenvalue weighted by Crippen LogP contribution is -2.32. The quantitative estimate of drug-likeness (QED) is 0.771. The standard InChI is InChI=1S/C14H21BrN2O2S/c1-16-9-10-17(2)14(18)4-3-11-20(19)13-7-5-12(15)6-8-13/h5-8,16H,3-4,9-11H2,1-2H3. The minimum absolute atomic E-state index is 0.105. The fraction of sp³-hybridized carbons (Fsp3) is 0.500. The lowest BCUT2D eigenvalue weighted by Gasteiger charge is -2.16. The van der Waals surface area contributed by atoms with Crippen LogP contribution < -0.4 is 5.32 Å². The van der Waals surface area contributed by atoms with E-state index in [1.165, 1.54) is 0 Å². The van der Waals surface area contributed by atoms with Crippen LogP contribution in [0.2, 0.25) is 0 Å². The van der Waals surface area contributed by atoms with Gasteiger partial charge in [0.05, 0.1) is 10.8 Å². The maximum absolute atomic E-state index is 12.0. The van der Waals surface area contributed by atoms with Crippen LogP contribution in [0.15, 0.2) is 33.6 Å². The van der Waals surface area contributed by atoms with Crippen molar-refractivity contribution in [3.05, 3.63) is 28.7 Å². The second kappa shape index (κ2) is 9.26. The average Bonchev–Trinajstić information content (AvgIpc) is 2.45. The summed E-state index contributed by atoms with van der Waals surface area (Å²) in [4.78, 5) is 14.3. The van der Waals surface area contributed by atoms with Gasteiger partial charge in [0.25, 0.3) is 0 Å². The third kappa shape index (κ3) is 6.15. The Labute approximate surface area is 131 Å². The van der Waals surface area contributed by atoms with Crippen molar-refractivity contribution in [1.82, 2.24) is 10.2 Å². The van der Waals surface area contributed by atoms with Crippen molar-refractivity contribution in [2.24, 2.45) is 0 Å². The normalized spacial score (nSPS) is 12.2. The first-order chi connectivity index (χ1) is 9.54. The van der Waals surface area contributed by atoms with Crippen molar-refractivity contribution in [2.75, 3.05) is 32.9 Å². The summed E-state index contributed by atoms with van der Waals surface area (Å²) in [5.41, 5.74) is 0. The van der Waals surface area contributed by atoms with Gasteiger partial charge in [-0.1, -0.05) is 15.9 Å². The molecule has 6 heteroatoms. The van der Waals surface area contributed by atoms with E-state index in [0.717, 1.165) is 15.9 Å². The third-order valence-electron chi connectivity index (χ3n) is 2.92. The minimum Gasteiger partial charge on any atom is -0.344 e. The summed E-state index contributed by atoms with van der Waals surface area (Å²) >= 11 is 3.35. The molecule has 0 saturated heterocycles. The summed E-state index contributed by atoms with van der Waals surface area (Å²) in [5.74, 6) is 0.626. The third-order valence-corrected chi connectivity index (χ3v) is 4.91. The largest absolute Gasteiger partial charge is 0.344 e. The molecule has 1 unspecified atom stereocenters. The van der Waals surface area contributed by atoms with Crippen LogP contribution in [0.1, 0.15) is 12.8 Å². The fourth-order valence-electron chi connectivity index (χ4n) is 1.65. The molecule has 0 aromatic heterocycles. The number of amides is 1. The Morgan fingerprint density at radius 3 is 2.60 bits per heavy atom. The van der Waals surface area contributed by atoms with Crippen LogP contribution in [0.3, 0.4) is 0 Å². The zero-order chi connectivity index (χ0) is 15.0. The van der Waals surface area contributed by atoms with Gasteiger partial charge in [0, 0.05) is 41.7 Å². The molecular weight excluding hydrogens is 340 g/mol. The van der Waals surface area contributed by atoms with Gasteiger partial charge in [0.15, 0.2) is 0 Å². The Morgan fingerprint density at radius 2 is 2.00 bits per heavy atom. The second-order valence-electron chi connectivity index (χ2n) is 4.53. The first kappa shape index (κ1) is 17.3. The number of hydrogen-bond donors (Lipinski definition) is 1. The van der Waals surface area contributed by atoms with Gasteiger partial charge in [-0.3, -0.25) is 9.00 Å². The van der Waals surface area contributed by atoms with E-state index in [0.29, 0.717) is 25.1 Å². The average molecular weight is 361 g/mol. The summed E-state index contributed by atoms with van der Waals surface area (Å²) in [6.45, 7) is 1.48. The molecule has 1 rings (SSSR count). The van der Waals surface area contributed by atoms with Crippen molar-refractivity contribution >= 4 is 32.6 Å². The SMILES string of the molecule is CNCCN(C)C(=O)CCCS(=O)c1ccc(Br)cc1. The number of carbonyl (C=O) groups excluding carboxylic acids is 1. The van der Waals surface area contributed by atoms with E-state index < -0.39 is 10.8 Å². The van der Waals surface area contributed by atoms with E-state index in [9.17, 15) is 9.00 Å². The topological polar surface area (TPSA) is 49.4 Å². The van der Waals surface area contributed by atoms with E-state index >= 15 is 0 Å². The molecule has 0 spiro atoms. The van der Waals surface area contributed by atoms with Gasteiger partial charge in [-0.25, -0.2) is 0 Å². The van der Waals surface area contributed by atoms with Crippen molar-refractivity contribution in [2.45, 2.75) is 17.7 Å². The van der Waals surface area contributed by atoms with E-state index in [1.807, 2.05) is 31.3 Å². The molecule has 0 heterocycles. The summed E-state index contributed by atoms with van der Waals surface area (Å²) in [6.07, 6.45) is 1.09. The summed E-state index contributed by atoms with van der Waals surface area (Å²) < 4.78 is 13.0. The highest BCUT2D eigenvalue weighted by molar-refractivity contribution is 9.10. The Morgan fingerprint density at radius 1 is 1.35 bits per heavy atom. The van der Waals surface area contributed by atoms with Gasteiger partial charge in [0.2, 0.25) is 5.91 Å². The molecule has 0 aliphatic carbocycles. The Balaban J connectivity index is 2.31. The van der Waals surface area contributed by atoms with E-state index in [2.05, 4.69) is 21.2 Å². The molecule has 0 radical (unpaired) electrons. The number of halogens is 1. The number of hydrogen-bond acceptors (Lipinski definition) is 3. The van der Waals surface area contributed by atoms with Crippen molar-refractivity contribution < 1.29 is 9.00 Å². The highest BCUT2D eigenvalue weighted by Gasteiger charge is 2.09. The lowest BCUT2D eigenvalue weighted by molar-refractivity contribution is -0.129. The lowest BCUT2D eigenvalue weighted by atomic mass is 10.3. The van der Waals surface area contributed by atoms with Crippen molar-refractivity contribution in [3.63, 3.8) is 0 Å². The summed E-state index contributed by atoms with van der Waals surface area (Å²) in [5, 5.41) is 3.01. The van der Waals surface area contributed by atoms with E-state index in [-0.39, 0.29) is 5.91 Å². The van der Waals surface area contributed by atoms with Gasteiger partial charge in [0.1, 0.15) is 0 Å². The van der Waals surface area contributed by atoms with Crippen LogP contribution >= 0.6 is 15.9 Å². The van der Waals surface area contributed by atoms with Crippen LogP contribution in [0.4, 0.5) is 0 Å². The first-order valence-electron chi connectivity index (χ1n) is 6.57. The van der Waals surface area contributed by atoms with Gasteiger partial charge in [-0.15, -0.1) is 0 Å². The molecule has 0 aliphatic heterocycles. The molecule has 0 fully saturated rings. The highest BCUT2D eigenvalue weighted by Crippen LogP contribution is 2.14. The maximum atomic E-state index is 12.0. The van der Waals surface area contributed by atoms with Gasteiger partial charge in [-0.2, -0.15) is 0 Å². The number of nitrogens with zero attached hydrogens (tertiary/aromatic N) is 1. The van der Waals surface area contributed by atoms with Crippen molar-refractivity contribution in [1.29, 1.82) is 0 Å². The predicted molar refractivity (Wildman–Crippen MR) is 86.2 cm³/mol. The molecule has 112 valence electrons. The molecule has 1 aromatic rings. The van der Waals surface area contributed by atoms with Gasteiger partial charge in [-0.05, 0) is 37.7 Å². The number of nitrogens with one attached hydrogen (secondary N) is 1. The van der Waals surface area contributed by atoms with Gasteiger partial charge < -0.3 is 10.2 Å². The monoisotopic (exact) mass is 360 g/mol. The second-order valence-corrected chi connectivity index (χ2v) is 7.01. The maximum Gasteiger partial charge on any atom is 0.222 e. The fourth-order valence-corrected chi connectivity index (χ4v) is 3.00. The van der Waals surface area contributed by atoms with Crippen molar-refractivity contribution in [3.8, 4) is 0 Å². The summed E-state index contributed by atoms with van der Waals surface area (Å²) in [7, 11) is 2.63.